The van der Waals surface area contributed by atoms with E-state index in [2.05, 4.69) is 32.6 Å². The number of rotatable bonds is 3. The van der Waals surface area contributed by atoms with Crippen molar-refractivity contribution in [3.05, 3.63) is 27.7 Å². The van der Waals surface area contributed by atoms with E-state index >= 15 is 0 Å². The van der Waals surface area contributed by atoms with E-state index in [1.807, 2.05) is 13.0 Å². The van der Waals surface area contributed by atoms with E-state index in [1.165, 1.54) is 5.56 Å². The summed E-state index contributed by atoms with van der Waals surface area (Å²) in [6.45, 7) is 4.13. The van der Waals surface area contributed by atoms with Crippen LogP contribution in [0.5, 0.6) is 5.75 Å². The summed E-state index contributed by atoms with van der Waals surface area (Å²) in [6, 6.07) is 4.11. The standard InChI is InChI=1S/C15H19BrN2O2/c1-15(4-2-5-18-15)14(19)17-9-11-8-12(16)7-10-3-6-20-13(10)11/h7-8,18H,2-6,9H2,1H3,(H,17,19). The molecule has 2 N–H and O–H groups in total. The fourth-order valence-electron chi connectivity index (χ4n) is 2.94. The maximum atomic E-state index is 12.3. The Morgan fingerprint density at radius 2 is 2.40 bits per heavy atom. The number of carbonyl (C=O) groups is 1. The number of ether oxygens (including phenoxy) is 1. The first-order chi connectivity index (χ1) is 9.58. The molecular weight excluding hydrogens is 320 g/mol. The van der Waals surface area contributed by atoms with Crippen LogP contribution in [0, 0.1) is 0 Å². The molecule has 0 aliphatic carbocycles. The van der Waals surface area contributed by atoms with E-state index in [1.54, 1.807) is 0 Å². The first-order valence-corrected chi connectivity index (χ1v) is 7.85. The summed E-state index contributed by atoms with van der Waals surface area (Å²) in [7, 11) is 0. The Morgan fingerprint density at radius 1 is 1.55 bits per heavy atom. The Labute approximate surface area is 127 Å². The molecule has 20 heavy (non-hydrogen) atoms. The highest BCUT2D eigenvalue weighted by Crippen LogP contribution is 2.33. The molecule has 1 saturated heterocycles. The van der Waals surface area contributed by atoms with Crippen molar-refractivity contribution < 1.29 is 9.53 Å². The summed E-state index contributed by atoms with van der Waals surface area (Å²) in [5.41, 5.74) is 1.84. The number of halogens is 1. The molecule has 2 aliphatic rings. The second-order valence-electron chi connectivity index (χ2n) is 5.70. The minimum Gasteiger partial charge on any atom is -0.493 e. The Hall–Kier alpha value is -1.07. The molecule has 0 radical (unpaired) electrons. The van der Waals surface area contributed by atoms with Crippen molar-refractivity contribution in [2.45, 2.75) is 38.3 Å². The minimum absolute atomic E-state index is 0.0710. The molecule has 2 aliphatic heterocycles. The molecule has 1 fully saturated rings. The first-order valence-electron chi connectivity index (χ1n) is 7.06. The molecule has 0 spiro atoms. The normalized spacial score (nSPS) is 24.3. The molecule has 1 amide bonds. The van der Waals surface area contributed by atoms with Gasteiger partial charge in [0.15, 0.2) is 0 Å². The van der Waals surface area contributed by atoms with Crippen molar-refractivity contribution >= 4 is 21.8 Å². The van der Waals surface area contributed by atoms with Gasteiger partial charge in [-0.2, -0.15) is 0 Å². The van der Waals surface area contributed by atoms with Gasteiger partial charge in [0.25, 0.3) is 0 Å². The third-order valence-electron chi connectivity index (χ3n) is 4.13. The summed E-state index contributed by atoms with van der Waals surface area (Å²) >= 11 is 3.52. The molecule has 2 heterocycles. The highest BCUT2D eigenvalue weighted by molar-refractivity contribution is 9.10. The molecule has 0 saturated carbocycles. The van der Waals surface area contributed by atoms with E-state index in [4.69, 9.17) is 4.74 Å². The molecule has 108 valence electrons. The number of hydrogen-bond donors (Lipinski definition) is 2. The number of carbonyl (C=O) groups excluding carboxylic acids is 1. The number of nitrogens with one attached hydrogen (secondary N) is 2. The average molecular weight is 339 g/mol. The number of hydrogen-bond acceptors (Lipinski definition) is 3. The lowest BCUT2D eigenvalue weighted by atomic mass is 9.99. The lowest BCUT2D eigenvalue weighted by molar-refractivity contribution is -0.126. The highest BCUT2D eigenvalue weighted by atomic mass is 79.9. The van der Waals surface area contributed by atoms with Crippen LogP contribution >= 0.6 is 15.9 Å². The SMILES string of the molecule is CC1(C(=O)NCc2cc(Br)cc3c2OCC3)CCCN1. The Morgan fingerprint density at radius 3 is 3.15 bits per heavy atom. The van der Waals surface area contributed by atoms with Gasteiger partial charge in [-0.15, -0.1) is 0 Å². The second-order valence-corrected chi connectivity index (χ2v) is 6.61. The molecule has 3 rings (SSSR count). The quantitative estimate of drug-likeness (QED) is 0.887. The average Bonchev–Trinajstić information content (AvgIpc) is 3.04. The predicted molar refractivity (Wildman–Crippen MR) is 80.8 cm³/mol. The van der Waals surface area contributed by atoms with Crippen LogP contribution in [-0.4, -0.2) is 24.6 Å². The van der Waals surface area contributed by atoms with Crippen molar-refractivity contribution in [3.63, 3.8) is 0 Å². The van der Waals surface area contributed by atoms with E-state index in [0.717, 1.165) is 48.2 Å². The zero-order chi connectivity index (χ0) is 14.2. The number of amides is 1. The third-order valence-corrected chi connectivity index (χ3v) is 4.59. The molecule has 5 heteroatoms. The van der Waals surface area contributed by atoms with Gasteiger partial charge in [-0.05, 0) is 44.0 Å². The van der Waals surface area contributed by atoms with Crippen LogP contribution in [0.15, 0.2) is 16.6 Å². The largest absolute Gasteiger partial charge is 0.493 e. The van der Waals surface area contributed by atoms with Crippen LogP contribution < -0.4 is 15.4 Å². The maximum absolute atomic E-state index is 12.3. The van der Waals surface area contributed by atoms with Gasteiger partial charge in [0.2, 0.25) is 5.91 Å². The van der Waals surface area contributed by atoms with E-state index in [9.17, 15) is 4.79 Å². The second kappa shape index (κ2) is 5.37. The number of benzene rings is 1. The summed E-state index contributed by atoms with van der Waals surface area (Å²) < 4.78 is 6.72. The minimum atomic E-state index is -0.421. The van der Waals surface area contributed by atoms with E-state index in [0.29, 0.717) is 6.54 Å². The predicted octanol–water partition coefficient (Wildman–Crippen LogP) is 2.14. The van der Waals surface area contributed by atoms with Crippen LogP contribution in [0.2, 0.25) is 0 Å². The van der Waals surface area contributed by atoms with Crippen molar-refractivity contribution in [1.29, 1.82) is 0 Å². The van der Waals surface area contributed by atoms with Gasteiger partial charge in [0.05, 0.1) is 12.1 Å². The van der Waals surface area contributed by atoms with Crippen LogP contribution in [-0.2, 0) is 17.8 Å². The topological polar surface area (TPSA) is 50.4 Å². The molecule has 4 nitrogen and oxygen atoms in total. The third kappa shape index (κ3) is 2.56. The van der Waals surface area contributed by atoms with Crippen LogP contribution in [0.25, 0.3) is 0 Å². The Bertz CT molecular complexity index is 539. The van der Waals surface area contributed by atoms with Crippen LogP contribution in [0.4, 0.5) is 0 Å². The van der Waals surface area contributed by atoms with Crippen LogP contribution in [0.3, 0.4) is 0 Å². The lowest BCUT2D eigenvalue weighted by Crippen LogP contribution is -2.50. The monoisotopic (exact) mass is 338 g/mol. The fourth-order valence-corrected chi connectivity index (χ4v) is 3.49. The highest BCUT2D eigenvalue weighted by Gasteiger charge is 2.35. The van der Waals surface area contributed by atoms with Gasteiger partial charge in [-0.1, -0.05) is 15.9 Å². The van der Waals surface area contributed by atoms with Gasteiger partial charge >= 0.3 is 0 Å². The summed E-state index contributed by atoms with van der Waals surface area (Å²) in [4.78, 5) is 12.3. The molecule has 1 unspecified atom stereocenters. The smallest absolute Gasteiger partial charge is 0.240 e. The van der Waals surface area contributed by atoms with Gasteiger partial charge in [-0.25, -0.2) is 0 Å². The van der Waals surface area contributed by atoms with Gasteiger partial charge in [-0.3, -0.25) is 4.79 Å². The molecule has 1 atom stereocenters. The zero-order valence-electron chi connectivity index (χ0n) is 11.6. The molecule has 0 bridgehead atoms. The van der Waals surface area contributed by atoms with E-state index in [-0.39, 0.29) is 5.91 Å². The molecule has 1 aromatic rings. The molecular formula is C15H19BrN2O2. The van der Waals surface area contributed by atoms with Crippen molar-refractivity contribution in [2.75, 3.05) is 13.2 Å². The Kier molecular flexibility index (Phi) is 3.73. The summed E-state index contributed by atoms with van der Waals surface area (Å²) in [5.74, 6) is 1.01. The van der Waals surface area contributed by atoms with Crippen molar-refractivity contribution in [1.82, 2.24) is 10.6 Å². The fraction of sp³-hybridized carbons (Fsp3) is 0.533. The van der Waals surface area contributed by atoms with Crippen molar-refractivity contribution in [3.8, 4) is 5.75 Å². The maximum Gasteiger partial charge on any atom is 0.240 e. The molecule has 1 aromatic carbocycles. The summed E-state index contributed by atoms with van der Waals surface area (Å²) in [5, 5.41) is 6.32. The number of fused-ring (bicyclic) bond motifs is 1. The van der Waals surface area contributed by atoms with Gasteiger partial charge in [0, 0.05) is 23.0 Å². The van der Waals surface area contributed by atoms with Crippen molar-refractivity contribution in [2.24, 2.45) is 0 Å². The molecule has 0 aromatic heterocycles. The zero-order valence-corrected chi connectivity index (χ0v) is 13.2. The van der Waals surface area contributed by atoms with Crippen LogP contribution in [0.1, 0.15) is 30.9 Å². The van der Waals surface area contributed by atoms with E-state index < -0.39 is 5.54 Å². The van der Waals surface area contributed by atoms with Gasteiger partial charge in [0.1, 0.15) is 5.75 Å². The van der Waals surface area contributed by atoms with Gasteiger partial charge < -0.3 is 15.4 Å². The Balaban J connectivity index is 1.71. The lowest BCUT2D eigenvalue weighted by Gasteiger charge is -2.23. The first kappa shape index (κ1) is 13.9. The summed E-state index contributed by atoms with van der Waals surface area (Å²) in [6.07, 6.45) is 2.89.